The smallest absolute Gasteiger partial charge is 0.339 e. The quantitative estimate of drug-likeness (QED) is 0.943. The van der Waals surface area contributed by atoms with Gasteiger partial charge in [-0.15, -0.1) is 15.7 Å². The topological polar surface area (TPSA) is 83.8 Å². The van der Waals surface area contributed by atoms with Gasteiger partial charge in [0.25, 0.3) is 0 Å². The molecular weight excluding hydrogens is 286 g/mol. The number of carbonyl (C=O) groups is 1. The van der Waals surface area contributed by atoms with Crippen LogP contribution in [0.15, 0.2) is 34.7 Å². The van der Waals surface area contributed by atoms with E-state index in [1.165, 1.54) is 0 Å². The maximum atomic E-state index is 11.2. The molecule has 0 saturated carbocycles. The fourth-order valence-electron chi connectivity index (χ4n) is 1.75. The van der Waals surface area contributed by atoms with Crippen LogP contribution in [0.5, 0.6) is 0 Å². The predicted molar refractivity (Wildman–Crippen MR) is 72.5 cm³/mol. The van der Waals surface area contributed by atoms with Crippen molar-refractivity contribution in [2.24, 2.45) is 4.36 Å². The molecule has 1 N–H and O–H groups in total. The van der Waals surface area contributed by atoms with Crippen LogP contribution in [0, 0.1) is 6.92 Å². The molecule has 0 amide bonds. The third-order valence-corrected chi connectivity index (χ3v) is 4.22. The van der Waals surface area contributed by atoms with Gasteiger partial charge in [0, 0.05) is 4.88 Å². The summed E-state index contributed by atoms with van der Waals surface area (Å²) in [5.74, 6) is -1.18. The molecule has 0 fully saturated rings. The summed E-state index contributed by atoms with van der Waals surface area (Å²) in [5, 5.41) is 9.16. The second kappa shape index (κ2) is 5.33. The van der Waals surface area contributed by atoms with Gasteiger partial charge in [0.1, 0.15) is 10.6 Å². The van der Waals surface area contributed by atoms with Crippen LogP contribution in [0.25, 0.3) is 10.4 Å². The van der Waals surface area contributed by atoms with Crippen LogP contribution >= 0.6 is 11.3 Å². The fraction of sp³-hybridized carbons (Fsp3) is 0.0833. The first-order chi connectivity index (χ1) is 9.00. The zero-order valence-corrected chi connectivity index (χ0v) is 11.5. The Labute approximate surface area is 114 Å². The van der Waals surface area contributed by atoms with Crippen molar-refractivity contribution in [3.63, 3.8) is 0 Å². The van der Waals surface area contributed by atoms with E-state index in [9.17, 15) is 13.2 Å². The highest BCUT2D eigenvalue weighted by atomic mass is 32.2. The Hall–Kier alpha value is -1.99. The Bertz CT molecular complexity index is 753. The van der Waals surface area contributed by atoms with Crippen molar-refractivity contribution in [3.05, 3.63) is 41.5 Å². The van der Waals surface area contributed by atoms with E-state index >= 15 is 0 Å². The Kier molecular flexibility index (Phi) is 3.77. The Morgan fingerprint density at radius 3 is 2.42 bits per heavy atom. The zero-order chi connectivity index (χ0) is 14.0. The van der Waals surface area contributed by atoms with E-state index in [0.29, 0.717) is 10.4 Å². The van der Waals surface area contributed by atoms with Crippen molar-refractivity contribution in [1.29, 1.82) is 0 Å². The molecule has 0 aliphatic carbocycles. The number of carboxylic acids is 1. The van der Waals surface area contributed by atoms with Gasteiger partial charge in [-0.05, 0) is 18.1 Å². The van der Waals surface area contributed by atoms with Gasteiger partial charge in [-0.2, -0.15) is 8.42 Å². The molecule has 2 rings (SSSR count). The highest BCUT2D eigenvalue weighted by Crippen LogP contribution is 2.41. The second-order valence-corrected chi connectivity index (χ2v) is 5.33. The van der Waals surface area contributed by atoms with Crippen molar-refractivity contribution < 1.29 is 18.3 Å². The van der Waals surface area contributed by atoms with Crippen molar-refractivity contribution >= 4 is 32.8 Å². The van der Waals surface area contributed by atoms with Crippen LogP contribution in [0.1, 0.15) is 15.9 Å². The van der Waals surface area contributed by atoms with Gasteiger partial charge < -0.3 is 5.11 Å². The lowest BCUT2D eigenvalue weighted by Crippen LogP contribution is -1.96. The highest BCUT2D eigenvalue weighted by molar-refractivity contribution is 7.62. The predicted octanol–water partition coefficient (Wildman–Crippen LogP) is 3.12. The number of nitrogens with zero attached hydrogens (tertiary/aromatic N) is 1. The molecule has 0 aliphatic rings. The van der Waals surface area contributed by atoms with Gasteiger partial charge in [-0.25, -0.2) is 4.79 Å². The largest absolute Gasteiger partial charge is 0.478 e. The Balaban J connectivity index is 2.72. The number of carboxylic acid groups (broad SMARTS) is 1. The molecule has 0 radical (unpaired) electrons. The van der Waals surface area contributed by atoms with Crippen LogP contribution in [0.2, 0.25) is 0 Å². The summed E-state index contributed by atoms with van der Waals surface area (Å²) in [4.78, 5) is 11.9. The molecule has 7 heteroatoms. The molecule has 0 unspecified atom stereocenters. The summed E-state index contributed by atoms with van der Waals surface area (Å²) in [6.45, 7) is 1.65. The van der Waals surface area contributed by atoms with Gasteiger partial charge in [0.15, 0.2) is 0 Å². The summed E-state index contributed by atoms with van der Waals surface area (Å²) in [6.07, 6.45) is 0. The van der Waals surface area contributed by atoms with E-state index in [1.807, 2.05) is 30.3 Å². The van der Waals surface area contributed by atoms with Gasteiger partial charge in [0.05, 0.1) is 0 Å². The summed E-state index contributed by atoms with van der Waals surface area (Å²) in [6, 6.07) is 9.18. The van der Waals surface area contributed by atoms with Crippen molar-refractivity contribution in [3.8, 4) is 10.4 Å². The molecular formula is C12H9NO4S2. The van der Waals surface area contributed by atoms with E-state index < -0.39 is 16.5 Å². The SMILES string of the molecule is Cc1c(-c2ccccc2)sc(N=S(=O)=O)c1C(=O)O. The molecule has 1 aromatic carbocycles. The highest BCUT2D eigenvalue weighted by Gasteiger charge is 2.21. The molecule has 0 aliphatic heterocycles. The number of hydrogen-bond acceptors (Lipinski definition) is 5. The maximum absolute atomic E-state index is 11.2. The zero-order valence-electron chi connectivity index (χ0n) is 9.82. The molecule has 98 valence electrons. The third-order valence-electron chi connectivity index (χ3n) is 2.54. The lowest BCUT2D eigenvalue weighted by molar-refractivity contribution is 0.0697. The second-order valence-electron chi connectivity index (χ2n) is 3.72. The average molecular weight is 295 g/mol. The Morgan fingerprint density at radius 2 is 1.89 bits per heavy atom. The third kappa shape index (κ3) is 2.72. The number of benzene rings is 1. The number of aromatic carboxylic acids is 1. The standard InChI is InChI=1S/C12H9NO4S2/c1-7-9(12(14)15)11(13-19(16)17)18-10(7)8-5-3-2-4-6-8/h2-6H,1H3,(H,14,15). The molecule has 0 saturated heterocycles. The molecule has 5 nitrogen and oxygen atoms in total. The van der Waals surface area contributed by atoms with E-state index in [4.69, 9.17) is 5.11 Å². The molecule has 2 aromatic rings. The molecule has 19 heavy (non-hydrogen) atoms. The number of rotatable bonds is 3. The average Bonchev–Trinajstić information content (AvgIpc) is 2.66. The van der Waals surface area contributed by atoms with Gasteiger partial charge >= 0.3 is 16.5 Å². The van der Waals surface area contributed by atoms with Gasteiger partial charge in [-0.3, -0.25) is 0 Å². The molecule has 0 spiro atoms. The van der Waals surface area contributed by atoms with E-state index in [1.54, 1.807) is 6.92 Å². The number of hydrogen-bond donors (Lipinski definition) is 1. The summed E-state index contributed by atoms with van der Waals surface area (Å²) >= 11 is 1.06. The lowest BCUT2D eigenvalue weighted by Gasteiger charge is -1.99. The van der Waals surface area contributed by atoms with Crippen LogP contribution in [0.4, 0.5) is 5.00 Å². The fourth-order valence-corrected chi connectivity index (χ4v) is 3.35. The van der Waals surface area contributed by atoms with Crippen LogP contribution < -0.4 is 0 Å². The van der Waals surface area contributed by atoms with Crippen molar-refractivity contribution in [1.82, 2.24) is 0 Å². The Morgan fingerprint density at radius 1 is 1.26 bits per heavy atom. The molecule has 0 bridgehead atoms. The van der Waals surface area contributed by atoms with Gasteiger partial charge in [0.2, 0.25) is 0 Å². The van der Waals surface area contributed by atoms with Crippen LogP contribution in [-0.4, -0.2) is 19.5 Å². The van der Waals surface area contributed by atoms with Crippen molar-refractivity contribution in [2.75, 3.05) is 0 Å². The summed E-state index contributed by atoms with van der Waals surface area (Å²) in [7, 11) is -2.67. The maximum Gasteiger partial charge on any atom is 0.339 e. The monoisotopic (exact) mass is 295 g/mol. The summed E-state index contributed by atoms with van der Waals surface area (Å²) in [5.41, 5.74) is 1.30. The normalized spacial score (nSPS) is 10.2. The van der Waals surface area contributed by atoms with Crippen LogP contribution in [-0.2, 0) is 10.5 Å². The minimum Gasteiger partial charge on any atom is -0.478 e. The van der Waals surface area contributed by atoms with Gasteiger partial charge in [-0.1, -0.05) is 30.3 Å². The van der Waals surface area contributed by atoms with E-state index in [-0.39, 0.29) is 10.6 Å². The minimum absolute atomic E-state index is 0.00261. The van der Waals surface area contributed by atoms with E-state index in [0.717, 1.165) is 16.9 Å². The lowest BCUT2D eigenvalue weighted by atomic mass is 10.1. The molecule has 0 atom stereocenters. The first-order valence-corrected chi connectivity index (χ1v) is 7.08. The minimum atomic E-state index is -2.67. The molecule has 1 heterocycles. The van der Waals surface area contributed by atoms with Crippen LogP contribution in [0.3, 0.4) is 0 Å². The first kappa shape index (κ1) is 13.4. The number of thiophene rings is 1. The first-order valence-electron chi connectivity index (χ1n) is 5.24. The van der Waals surface area contributed by atoms with E-state index in [2.05, 4.69) is 4.36 Å². The summed E-state index contributed by atoms with van der Waals surface area (Å²) < 4.78 is 24.6. The van der Waals surface area contributed by atoms with Crippen molar-refractivity contribution in [2.45, 2.75) is 6.92 Å². The molecule has 1 aromatic heterocycles.